The summed E-state index contributed by atoms with van der Waals surface area (Å²) in [6.07, 6.45) is 1.43. The van der Waals surface area contributed by atoms with Crippen LogP contribution in [0.15, 0.2) is 60.8 Å². The minimum Gasteiger partial charge on any atom is -0.321 e. The second kappa shape index (κ2) is 8.01. The summed E-state index contributed by atoms with van der Waals surface area (Å²) in [6, 6.07) is 15.6. The van der Waals surface area contributed by atoms with E-state index < -0.39 is 0 Å². The summed E-state index contributed by atoms with van der Waals surface area (Å²) < 4.78 is 0. The van der Waals surface area contributed by atoms with Crippen LogP contribution in [0.4, 0.5) is 11.4 Å². The number of halogens is 1. The van der Waals surface area contributed by atoms with Crippen LogP contribution >= 0.6 is 11.6 Å². The Hall–Kier alpha value is -3.18. The summed E-state index contributed by atoms with van der Waals surface area (Å²) in [6.45, 7) is 3.98. The zero-order valence-corrected chi connectivity index (χ0v) is 15.7. The predicted octanol–water partition coefficient (Wildman–Crippen LogP) is 4.86. The van der Waals surface area contributed by atoms with Crippen molar-refractivity contribution in [1.82, 2.24) is 4.98 Å². The van der Waals surface area contributed by atoms with E-state index in [2.05, 4.69) is 15.6 Å². The lowest BCUT2D eigenvalue weighted by Gasteiger charge is -2.09. The molecule has 6 heteroatoms. The lowest BCUT2D eigenvalue weighted by atomic mass is 10.1. The van der Waals surface area contributed by atoms with Gasteiger partial charge in [-0.2, -0.15) is 0 Å². The van der Waals surface area contributed by atoms with Crippen LogP contribution in [0.25, 0.3) is 0 Å². The molecule has 2 amide bonds. The molecule has 2 N–H and O–H groups in total. The number of anilines is 2. The van der Waals surface area contributed by atoms with Gasteiger partial charge in [-0.3, -0.25) is 14.6 Å². The number of carbonyl (C=O) groups is 2. The normalized spacial score (nSPS) is 10.3. The summed E-state index contributed by atoms with van der Waals surface area (Å²) in [4.78, 5) is 29.0. The molecule has 1 aromatic heterocycles. The largest absolute Gasteiger partial charge is 0.321 e. The second-order valence-corrected chi connectivity index (χ2v) is 6.52. The van der Waals surface area contributed by atoms with E-state index in [1.54, 1.807) is 30.3 Å². The van der Waals surface area contributed by atoms with E-state index >= 15 is 0 Å². The Kier molecular flexibility index (Phi) is 5.52. The van der Waals surface area contributed by atoms with Crippen LogP contribution in [0.2, 0.25) is 5.02 Å². The summed E-state index contributed by atoms with van der Waals surface area (Å²) in [5.41, 5.74) is 3.87. The maximum atomic E-state index is 12.5. The molecule has 0 saturated heterocycles. The van der Waals surface area contributed by atoms with Gasteiger partial charge in [0.15, 0.2) is 0 Å². The number of hydrogen-bond donors (Lipinski definition) is 2. The van der Waals surface area contributed by atoms with Crippen LogP contribution in [0.1, 0.15) is 32.0 Å². The van der Waals surface area contributed by atoms with Crippen LogP contribution in [-0.2, 0) is 0 Å². The number of benzene rings is 2. The van der Waals surface area contributed by atoms with Crippen LogP contribution in [0, 0.1) is 13.8 Å². The first-order valence-corrected chi connectivity index (χ1v) is 8.72. The second-order valence-electron chi connectivity index (χ2n) is 6.12. The fourth-order valence-corrected chi connectivity index (χ4v) is 2.65. The Morgan fingerprint density at radius 2 is 1.67 bits per heavy atom. The van der Waals surface area contributed by atoms with Gasteiger partial charge in [-0.25, -0.2) is 0 Å². The van der Waals surface area contributed by atoms with Gasteiger partial charge >= 0.3 is 0 Å². The van der Waals surface area contributed by atoms with E-state index in [1.807, 2.05) is 32.0 Å². The first kappa shape index (κ1) is 18.6. The molecule has 0 radical (unpaired) electrons. The molecule has 0 aliphatic carbocycles. The highest BCUT2D eigenvalue weighted by Crippen LogP contribution is 2.21. The molecule has 0 saturated carbocycles. The summed E-state index contributed by atoms with van der Waals surface area (Å²) in [7, 11) is 0. The molecule has 5 nitrogen and oxygen atoms in total. The zero-order chi connectivity index (χ0) is 19.4. The molecule has 0 bridgehead atoms. The third-order valence-electron chi connectivity index (χ3n) is 4.14. The first-order chi connectivity index (χ1) is 12.9. The average molecular weight is 380 g/mol. The highest BCUT2D eigenvalue weighted by Gasteiger charge is 2.13. The van der Waals surface area contributed by atoms with Gasteiger partial charge < -0.3 is 10.6 Å². The molecule has 0 spiro atoms. The van der Waals surface area contributed by atoms with Gasteiger partial charge in [0, 0.05) is 17.4 Å². The number of nitrogens with one attached hydrogen (secondary N) is 2. The van der Waals surface area contributed by atoms with Gasteiger partial charge in [-0.05, 0) is 61.4 Å². The highest BCUT2D eigenvalue weighted by atomic mass is 35.5. The van der Waals surface area contributed by atoms with Gasteiger partial charge in [0.1, 0.15) is 5.69 Å². The molecule has 2 aromatic carbocycles. The standard InChI is InChI=1S/C21H18ClN3O2/c1-13-7-8-16(11-14(13)2)24-21(27)19-12-15(9-10-23-19)20(26)25-18-6-4-3-5-17(18)22/h3-12H,1-2H3,(H,24,27)(H,25,26). The van der Waals surface area contributed by atoms with Gasteiger partial charge in [0.05, 0.1) is 10.7 Å². The van der Waals surface area contributed by atoms with E-state index in [9.17, 15) is 9.59 Å². The Morgan fingerprint density at radius 3 is 2.41 bits per heavy atom. The zero-order valence-electron chi connectivity index (χ0n) is 14.9. The topological polar surface area (TPSA) is 71.1 Å². The summed E-state index contributed by atoms with van der Waals surface area (Å²) >= 11 is 6.06. The van der Waals surface area contributed by atoms with Crippen molar-refractivity contribution in [2.24, 2.45) is 0 Å². The number of amides is 2. The number of pyridine rings is 1. The number of aromatic nitrogens is 1. The number of aryl methyl sites for hydroxylation is 2. The van der Waals surface area contributed by atoms with Crippen LogP contribution < -0.4 is 10.6 Å². The maximum absolute atomic E-state index is 12.5. The van der Waals surface area contributed by atoms with E-state index in [0.717, 1.165) is 11.1 Å². The van der Waals surface area contributed by atoms with Crippen LogP contribution in [0.5, 0.6) is 0 Å². The van der Waals surface area contributed by atoms with Crippen molar-refractivity contribution in [3.05, 3.63) is 88.2 Å². The SMILES string of the molecule is Cc1ccc(NC(=O)c2cc(C(=O)Nc3ccccc3Cl)ccn2)cc1C. The Labute approximate surface area is 162 Å². The van der Waals surface area contributed by atoms with Crippen molar-refractivity contribution in [1.29, 1.82) is 0 Å². The lowest BCUT2D eigenvalue weighted by molar-refractivity contribution is 0.102. The monoisotopic (exact) mass is 379 g/mol. The van der Waals surface area contributed by atoms with Gasteiger partial charge in [0.2, 0.25) is 0 Å². The van der Waals surface area contributed by atoms with Crippen molar-refractivity contribution in [2.45, 2.75) is 13.8 Å². The predicted molar refractivity (Wildman–Crippen MR) is 108 cm³/mol. The molecular weight excluding hydrogens is 362 g/mol. The van der Waals surface area contributed by atoms with Crippen molar-refractivity contribution in [3.63, 3.8) is 0 Å². The third kappa shape index (κ3) is 4.51. The van der Waals surface area contributed by atoms with Crippen LogP contribution in [0.3, 0.4) is 0 Å². The van der Waals surface area contributed by atoms with Crippen molar-refractivity contribution in [3.8, 4) is 0 Å². The maximum Gasteiger partial charge on any atom is 0.274 e. The van der Waals surface area contributed by atoms with Gasteiger partial charge in [-0.15, -0.1) is 0 Å². The lowest BCUT2D eigenvalue weighted by Crippen LogP contribution is -2.17. The summed E-state index contributed by atoms with van der Waals surface area (Å²) in [5.74, 6) is -0.753. The first-order valence-electron chi connectivity index (χ1n) is 8.34. The van der Waals surface area contributed by atoms with Crippen molar-refractivity contribution < 1.29 is 9.59 Å². The van der Waals surface area contributed by atoms with Crippen molar-refractivity contribution >= 4 is 34.8 Å². The fourth-order valence-electron chi connectivity index (χ4n) is 2.47. The quantitative estimate of drug-likeness (QED) is 0.680. The van der Waals surface area contributed by atoms with Gasteiger partial charge in [0.25, 0.3) is 11.8 Å². The number of para-hydroxylation sites is 1. The van der Waals surface area contributed by atoms with E-state index in [1.165, 1.54) is 12.3 Å². The number of nitrogens with zero attached hydrogens (tertiary/aromatic N) is 1. The third-order valence-corrected chi connectivity index (χ3v) is 4.47. The van der Waals surface area contributed by atoms with Gasteiger partial charge in [-0.1, -0.05) is 29.8 Å². The molecular formula is C21H18ClN3O2. The smallest absolute Gasteiger partial charge is 0.274 e. The van der Waals surface area contributed by atoms with E-state index in [0.29, 0.717) is 22.0 Å². The average Bonchev–Trinajstić information content (AvgIpc) is 2.66. The van der Waals surface area contributed by atoms with E-state index in [4.69, 9.17) is 11.6 Å². The molecule has 3 rings (SSSR count). The number of rotatable bonds is 4. The molecule has 0 aliphatic heterocycles. The number of carbonyl (C=O) groups excluding carboxylic acids is 2. The van der Waals surface area contributed by atoms with Crippen LogP contribution in [-0.4, -0.2) is 16.8 Å². The Bertz CT molecular complexity index is 1020. The number of hydrogen-bond acceptors (Lipinski definition) is 3. The molecule has 0 aliphatic rings. The fraction of sp³-hybridized carbons (Fsp3) is 0.0952. The van der Waals surface area contributed by atoms with Crippen molar-refractivity contribution in [2.75, 3.05) is 10.6 Å². The Balaban J connectivity index is 1.76. The Morgan fingerprint density at radius 1 is 0.889 bits per heavy atom. The molecule has 0 unspecified atom stereocenters. The molecule has 3 aromatic rings. The molecule has 136 valence electrons. The highest BCUT2D eigenvalue weighted by molar-refractivity contribution is 6.33. The molecule has 1 heterocycles. The van der Waals surface area contributed by atoms with E-state index in [-0.39, 0.29) is 17.5 Å². The summed E-state index contributed by atoms with van der Waals surface area (Å²) in [5, 5.41) is 5.96. The minimum absolute atomic E-state index is 0.153. The molecule has 0 atom stereocenters. The molecule has 27 heavy (non-hydrogen) atoms. The minimum atomic E-state index is -0.384. The molecule has 0 fully saturated rings.